The molecule has 144 valence electrons. The largest absolute Gasteiger partial charge is 0.490 e. The third kappa shape index (κ3) is 6.60. The van der Waals surface area contributed by atoms with Crippen LogP contribution in [0, 0.1) is 6.92 Å². The third-order valence-electron chi connectivity index (χ3n) is 3.42. The van der Waals surface area contributed by atoms with Gasteiger partial charge < -0.3 is 14.2 Å². The van der Waals surface area contributed by atoms with Gasteiger partial charge in [0.1, 0.15) is 5.75 Å². The fraction of sp³-hybridized carbons (Fsp3) is 0.300. The highest BCUT2D eigenvalue weighted by Gasteiger charge is 2.06. The first-order chi connectivity index (χ1) is 13.0. The lowest BCUT2D eigenvalue weighted by molar-refractivity contribution is -0.123. The molecule has 6 nitrogen and oxygen atoms in total. The number of ether oxygens (including phenoxy) is 3. The smallest absolute Gasteiger partial charge is 0.277 e. The minimum Gasteiger partial charge on any atom is -0.490 e. The van der Waals surface area contributed by atoms with Crippen molar-refractivity contribution in [1.82, 2.24) is 5.43 Å². The molecule has 2 aromatic carbocycles. The van der Waals surface area contributed by atoms with Crippen LogP contribution in [0.25, 0.3) is 0 Å². The number of hydrogen-bond donors (Lipinski definition) is 1. The predicted octanol–water partition coefficient (Wildman–Crippen LogP) is 4.08. The first-order valence-corrected chi connectivity index (χ1v) is 9.43. The normalized spacial score (nSPS) is 10.7. The maximum atomic E-state index is 11.9. The fourth-order valence-electron chi connectivity index (χ4n) is 2.23. The number of benzene rings is 2. The Balaban J connectivity index is 1.90. The first kappa shape index (κ1) is 20.8. The number of amides is 1. The van der Waals surface area contributed by atoms with E-state index in [1.54, 1.807) is 0 Å². The minimum atomic E-state index is -0.352. The molecule has 0 spiro atoms. The SMILES string of the molecule is CCOc1ccc(/C=N/NC(=O)COc2ccc(C)cc2Br)cc1OCC. The summed E-state index contributed by atoms with van der Waals surface area (Å²) in [7, 11) is 0. The molecule has 2 aromatic rings. The van der Waals surface area contributed by atoms with Gasteiger partial charge in [-0.15, -0.1) is 0 Å². The summed E-state index contributed by atoms with van der Waals surface area (Å²) >= 11 is 3.41. The molecule has 0 aliphatic rings. The second-order valence-electron chi connectivity index (χ2n) is 5.59. The van der Waals surface area contributed by atoms with Crippen molar-refractivity contribution < 1.29 is 19.0 Å². The number of carbonyl (C=O) groups excluding carboxylic acids is 1. The molecule has 2 rings (SSSR count). The zero-order chi connectivity index (χ0) is 19.6. The number of hydrogen-bond acceptors (Lipinski definition) is 5. The zero-order valence-corrected chi connectivity index (χ0v) is 17.2. The van der Waals surface area contributed by atoms with E-state index in [1.807, 2.05) is 57.2 Å². The minimum absolute atomic E-state index is 0.132. The van der Waals surface area contributed by atoms with Gasteiger partial charge in [-0.3, -0.25) is 4.79 Å². The predicted molar refractivity (Wildman–Crippen MR) is 109 cm³/mol. The molecule has 0 aliphatic heterocycles. The molecular weight excluding hydrogens is 412 g/mol. The van der Waals surface area contributed by atoms with Crippen LogP contribution in [0.2, 0.25) is 0 Å². The zero-order valence-electron chi connectivity index (χ0n) is 15.6. The Kier molecular flexibility index (Phi) is 8.13. The average molecular weight is 435 g/mol. The van der Waals surface area contributed by atoms with E-state index in [-0.39, 0.29) is 12.5 Å². The molecule has 0 heterocycles. The highest BCUT2D eigenvalue weighted by atomic mass is 79.9. The standard InChI is InChI=1S/C20H23BrN2O4/c1-4-25-18-9-7-15(11-19(18)26-5-2)12-22-23-20(24)13-27-17-8-6-14(3)10-16(17)21/h6-12H,4-5,13H2,1-3H3,(H,23,24)/b22-12+. The molecule has 1 N–H and O–H groups in total. The molecule has 0 atom stereocenters. The molecular formula is C20H23BrN2O4. The van der Waals surface area contributed by atoms with Crippen molar-refractivity contribution in [3.8, 4) is 17.2 Å². The lowest BCUT2D eigenvalue weighted by Gasteiger charge is -2.11. The molecule has 0 aromatic heterocycles. The van der Waals surface area contributed by atoms with Crippen LogP contribution in [0.15, 0.2) is 46.0 Å². The van der Waals surface area contributed by atoms with Crippen molar-refractivity contribution in [1.29, 1.82) is 0 Å². The monoisotopic (exact) mass is 434 g/mol. The number of aryl methyl sites for hydroxylation is 1. The van der Waals surface area contributed by atoms with E-state index in [0.29, 0.717) is 30.5 Å². The van der Waals surface area contributed by atoms with Crippen LogP contribution in [0.1, 0.15) is 25.0 Å². The van der Waals surface area contributed by atoms with E-state index >= 15 is 0 Å². The Hall–Kier alpha value is -2.54. The number of rotatable bonds is 9. The van der Waals surface area contributed by atoms with Gasteiger partial charge in [0.25, 0.3) is 5.91 Å². The highest BCUT2D eigenvalue weighted by Crippen LogP contribution is 2.28. The molecule has 0 fully saturated rings. The van der Waals surface area contributed by atoms with Gasteiger partial charge in [0.05, 0.1) is 23.9 Å². The summed E-state index contributed by atoms with van der Waals surface area (Å²) in [5.41, 5.74) is 4.33. The van der Waals surface area contributed by atoms with Crippen molar-refractivity contribution in [3.63, 3.8) is 0 Å². The molecule has 27 heavy (non-hydrogen) atoms. The average Bonchev–Trinajstić information content (AvgIpc) is 2.63. The van der Waals surface area contributed by atoms with Crippen LogP contribution in [0.4, 0.5) is 0 Å². The van der Waals surface area contributed by atoms with E-state index in [4.69, 9.17) is 14.2 Å². The van der Waals surface area contributed by atoms with E-state index < -0.39 is 0 Å². The van der Waals surface area contributed by atoms with Gasteiger partial charge in [0, 0.05) is 0 Å². The topological polar surface area (TPSA) is 69.2 Å². The van der Waals surface area contributed by atoms with Gasteiger partial charge >= 0.3 is 0 Å². The van der Waals surface area contributed by atoms with Gasteiger partial charge in [-0.25, -0.2) is 5.43 Å². The molecule has 1 amide bonds. The summed E-state index contributed by atoms with van der Waals surface area (Å²) in [6, 6.07) is 11.1. The maximum Gasteiger partial charge on any atom is 0.277 e. The number of nitrogens with zero attached hydrogens (tertiary/aromatic N) is 1. The van der Waals surface area contributed by atoms with Gasteiger partial charge in [0.15, 0.2) is 18.1 Å². The Labute approximate surface area is 167 Å². The summed E-state index contributed by atoms with van der Waals surface area (Å²) < 4.78 is 17.4. The molecule has 7 heteroatoms. The summed E-state index contributed by atoms with van der Waals surface area (Å²) in [6.45, 7) is 6.76. The van der Waals surface area contributed by atoms with Gasteiger partial charge in [0.2, 0.25) is 0 Å². The van der Waals surface area contributed by atoms with Crippen molar-refractivity contribution in [3.05, 3.63) is 52.0 Å². The Morgan fingerprint density at radius 2 is 1.74 bits per heavy atom. The highest BCUT2D eigenvalue weighted by molar-refractivity contribution is 9.10. The number of carbonyl (C=O) groups is 1. The molecule has 0 aliphatic carbocycles. The van der Waals surface area contributed by atoms with Crippen LogP contribution in [0.3, 0.4) is 0 Å². The summed E-state index contributed by atoms with van der Waals surface area (Å²) in [5.74, 6) is 1.57. The Morgan fingerprint density at radius 1 is 1.04 bits per heavy atom. The maximum absolute atomic E-state index is 11.9. The quantitative estimate of drug-likeness (QED) is 0.476. The third-order valence-corrected chi connectivity index (χ3v) is 4.04. The summed E-state index contributed by atoms with van der Waals surface area (Å²) in [5, 5.41) is 3.95. The van der Waals surface area contributed by atoms with Crippen LogP contribution in [-0.4, -0.2) is 31.9 Å². The van der Waals surface area contributed by atoms with E-state index in [1.165, 1.54) is 6.21 Å². The Morgan fingerprint density at radius 3 is 2.44 bits per heavy atom. The van der Waals surface area contributed by atoms with Crippen molar-refractivity contribution in [2.24, 2.45) is 5.10 Å². The van der Waals surface area contributed by atoms with Crippen molar-refractivity contribution in [2.45, 2.75) is 20.8 Å². The number of hydrazone groups is 1. The van der Waals surface area contributed by atoms with Crippen LogP contribution in [-0.2, 0) is 4.79 Å². The first-order valence-electron chi connectivity index (χ1n) is 8.64. The van der Waals surface area contributed by atoms with Crippen molar-refractivity contribution in [2.75, 3.05) is 19.8 Å². The van der Waals surface area contributed by atoms with Crippen LogP contribution >= 0.6 is 15.9 Å². The van der Waals surface area contributed by atoms with E-state index in [2.05, 4.69) is 26.5 Å². The lowest BCUT2D eigenvalue weighted by atomic mass is 10.2. The second-order valence-corrected chi connectivity index (χ2v) is 6.44. The summed E-state index contributed by atoms with van der Waals surface area (Å²) in [4.78, 5) is 11.9. The van der Waals surface area contributed by atoms with Crippen LogP contribution in [0.5, 0.6) is 17.2 Å². The van der Waals surface area contributed by atoms with Gasteiger partial charge in [-0.1, -0.05) is 6.07 Å². The molecule has 0 bridgehead atoms. The second kappa shape index (κ2) is 10.6. The van der Waals surface area contributed by atoms with Gasteiger partial charge in [-0.2, -0.15) is 5.10 Å². The molecule has 0 saturated heterocycles. The molecule has 0 saturated carbocycles. The number of halogens is 1. The molecule has 0 radical (unpaired) electrons. The summed E-state index contributed by atoms with van der Waals surface area (Å²) in [6.07, 6.45) is 1.54. The van der Waals surface area contributed by atoms with Crippen LogP contribution < -0.4 is 19.6 Å². The van der Waals surface area contributed by atoms with Gasteiger partial charge in [-0.05, 0) is 78.2 Å². The van der Waals surface area contributed by atoms with Crippen molar-refractivity contribution >= 4 is 28.1 Å². The lowest BCUT2D eigenvalue weighted by Crippen LogP contribution is -2.24. The number of nitrogens with one attached hydrogen (secondary N) is 1. The Bertz CT molecular complexity index is 809. The van der Waals surface area contributed by atoms with E-state index in [9.17, 15) is 4.79 Å². The van der Waals surface area contributed by atoms with E-state index in [0.717, 1.165) is 15.6 Å². The molecule has 0 unspecified atom stereocenters. The fourth-order valence-corrected chi connectivity index (χ4v) is 2.83.